The van der Waals surface area contributed by atoms with E-state index in [2.05, 4.69) is 26.6 Å². The molecule has 0 saturated heterocycles. The predicted molar refractivity (Wildman–Crippen MR) is 119 cm³/mol. The van der Waals surface area contributed by atoms with Crippen molar-refractivity contribution in [2.75, 3.05) is 10.6 Å². The molecule has 0 unspecified atom stereocenters. The number of carbonyl (C=O) groups is 3. The zero-order valence-corrected chi connectivity index (χ0v) is 17.7. The first kappa shape index (κ1) is 21.3. The minimum absolute atomic E-state index is 0.132. The molecule has 0 atom stereocenters. The highest BCUT2D eigenvalue weighted by atomic mass is 79.9. The molecule has 3 rings (SSSR count). The molecule has 3 aromatic carbocycles. The van der Waals surface area contributed by atoms with Crippen LogP contribution in [0.15, 0.2) is 77.3 Å². The second-order valence-electron chi connectivity index (χ2n) is 6.51. The van der Waals surface area contributed by atoms with Crippen LogP contribution in [0.3, 0.4) is 0 Å². The van der Waals surface area contributed by atoms with Gasteiger partial charge in [-0.15, -0.1) is 0 Å². The second kappa shape index (κ2) is 9.84. The molecule has 0 saturated carbocycles. The maximum atomic E-state index is 12.4. The molecule has 0 heterocycles. The molecule has 7 heteroatoms. The van der Waals surface area contributed by atoms with Gasteiger partial charge in [0.2, 0.25) is 5.91 Å². The van der Waals surface area contributed by atoms with Crippen molar-refractivity contribution in [1.82, 2.24) is 0 Å². The molecule has 2 N–H and O–H groups in total. The van der Waals surface area contributed by atoms with E-state index in [-0.39, 0.29) is 18.2 Å². The minimum Gasteiger partial charge on any atom is -0.427 e. The molecular formula is C23H19BrN2O4. The lowest BCUT2D eigenvalue weighted by Gasteiger charge is -2.09. The number of amides is 2. The second-order valence-corrected chi connectivity index (χ2v) is 7.42. The molecule has 0 spiro atoms. The van der Waals surface area contributed by atoms with E-state index in [0.717, 1.165) is 10.0 Å². The van der Waals surface area contributed by atoms with Gasteiger partial charge >= 0.3 is 5.97 Å². The zero-order chi connectivity index (χ0) is 21.5. The highest BCUT2D eigenvalue weighted by molar-refractivity contribution is 9.10. The summed E-state index contributed by atoms with van der Waals surface area (Å²) in [6.07, 6.45) is 0.261. The highest BCUT2D eigenvalue weighted by Gasteiger charge is 2.09. The Labute approximate surface area is 182 Å². The first-order chi connectivity index (χ1) is 14.4. The van der Waals surface area contributed by atoms with Gasteiger partial charge in [-0.3, -0.25) is 14.4 Å². The van der Waals surface area contributed by atoms with Gasteiger partial charge < -0.3 is 15.4 Å². The van der Waals surface area contributed by atoms with Crippen LogP contribution >= 0.6 is 15.9 Å². The molecule has 152 valence electrons. The molecule has 0 aliphatic heterocycles. The predicted octanol–water partition coefficient (Wildman–Crippen LogP) is 4.81. The number of ether oxygens (including phenoxy) is 1. The fraction of sp³-hybridized carbons (Fsp3) is 0.0870. The van der Waals surface area contributed by atoms with Gasteiger partial charge in [0.25, 0.3) is 5.91 Å². The van der Waals surface area contributed by atoms with Gasteiger partial charge in [-0.1, -0.05) is 34.1 Å². The van der Waals surface area contributed by atoms with Crippen molar-refractivity contribution < 1.29 is 19.1 Å². The number of hydrogen-bond donors (Lipinski definition) is 2. The van der Waals surface area contributed by atoms with Crippen molar-refractivity contribution in [3.8, 4) is 5.75 Å². The van der Waals surface area contributed by atoms with Crippen LogP contribution in [-0.4, -0.2) is 17.8 Å². The Balaban J connectivity index is 1.58. The molecule has 0 radical (unpaired) electrons. The molecule has 0 aromatic heterocycles. The molecule has 6 nitrogen and oxygen atoms in total. The topological polar surface area (TPSA) is 84.5 Å². The fourth-order valence-corrected chi connectivity index (χ4v) is 3.19. The number of halogens is 1. The Kier molecular flexibility index (Phi) is 6.98. The van der Waals surface area contributed by atoms with E-state index < -0.39 is 5.97 Å². The quantitative estimate of drug-likeness (QED) is 0.403. The summed E-state index contributed by atoms with van der Waals surface area (Å²) in [5.74, 6) is -0.619. The SMILES string of the molecule is CC(=O)Oc1cccc(C(=O)Nc2ccc(NC(=O)Cc3cccc(Br)c3)cc2)c1. The smallest absolute Gasteiger partial charge is 0.308 e. The number of anilines is 2. The van der Waals surface area contributed by atoms with Gasteiger partial charge in [-0.2, -0.15) is 0 Å². The normalized spacial score (nSPS) is 10.2. The van der Waals surface area contributed by atoms with Crippen molar-refractivity contribution in [1.29, 1.82) is 0 Å². The molecular weight excluding hydrogens is 448 g/mol. The van der Waals surface area contributed by atoms with Crippen LogP contribution in [0.25, 0.3) is 0 Å². The van der Waals surface area contributed by atoms with Gasteiger partial charge in [0.05, 0.1) is 6.42 Å². The highest BCUT2D eigenvalue weighted by Crippen LogP contribution is 2.18. The minimum atomic E-state index is -0.454. The number of carbonyl (C=O) groups excluding carboxylic acids is 3. The Morgan fingerprint density at radius 1 is 0.867 bits per heavy atom. The van der Waals surface area contributed by atoms with Crippen LogP contribution in [0, 0.1) is 0 Å². The van der Waals surface area contributed by atoms with E-state index in [1.54, 1.807) is 42.5 Å². The zero-order valence-electron chi connectivity index (χ0n) is 16.1. The van der Waals surface area contributed by atoms with Crippen molar-refractivity contribution in [2.45, 2.75) is 13.3 Å². The summed E-state index contributed by atoms with van der Waals surface area (Å²) in [6, 6.07) is 20.7. The van der Waals surface area contributed by atoms with Crippen molar-refractivity contribution >= 4 is 45.1 Å². The third kappa shape index (κ3) is 6.28. The van der Waals surface area contributed by atoms with Crippen molar-refractivity contribution in [3.63, 3.8) is 0 Å². The lowest BCUT2D eigenvalue weighted by molar-refractivity contribution is -0.131. The Hall–Kier alpha value is -3.45. The van der Waals surface area contributed by atoms with Gasteiger partial charge in [0, 0.05) is 28.3 Å². The lowest BCUT2D eigenvalue weighted by atomic mass is 10.1. The molecule has 0 aliphatic carbocycles. The summed E-state index contributed by atoms with van der Waals surface area (Å²) in [7, 11) is 0. The maximum absolute atomic E-state index is 12.4. The van der Waals surface area contributed by atoms with Crippen LogP contribution in [0.1, 0.15) is 22.8 Å². The maximum Gasteiger partial charge on any atom is 0.308 e. The van der Waals surface area contributed by atoms with E-state index >= 15 is 0 Å². The number of esters is 1. The first-order valence-electron chi connectivity index (χ1n) is 9.13. The largest absolute Gasteiger partial charge is 0.427 e. The van der Waals surface area contributed by atoms with Crippen molar-refractivity contribution in [2.24, 2.45) is 0 Å². The van der Waals surface area contributed by atoms with Gasteiger partial charge in [-0.05, 0) is 60.2 Å². The average Bonchev–Trinajstić information content (AvgIpc) is 2.69. The molecule has 0 fully saturated rings. The fourth-order valence-electron chi connectivity index (χ4n) is 2.74. The number of benzene rings is 3. The van der Waals surface area contributed by atoms with E-state index in [1.165, 1.54) is 13.0 Å². The van der Waals surface area contributed by atoms with Crippen molar-refractivity contribution in [3.05, 3.63) is 88.4 Å². The summed E-state index contributed by atoms with van der Waals surface area (Å²) in [5, 5.41) is 5.60. The van der Waals surface area contributed by atoms with E-state index in [9.17, 15) is 14.4 Å². The van der Waals surface area contributed by atoms with Crippen LogP contribution in [0.4, 0.5) is 11.4 Å². The first-order valence-corrected chi connectivity index (χ1v) is 9.92. The third-order valence-corrected chi connectivity index (χ3v) is 4.53. The molecule has 0 bridgehead atoms. The summed E-state index contributed by atoms with van der Waals surface area (Å²) in [5.41, 5.74) is 2.47. The van der Waals surface area contributed by atoms with Gasteiger partial charge in [0.15, 0.2) is 0 Å². The summed E-state index contributed by atoms with van der Waals surface area (Å²) >= 11 is 3.39. The van der Waals surface area contributed by atoms with E-state index in [1.807, 2.05) is 24.3 Å². The van der Waals surface area contributed by atoms with Crippen LogP contribution in [-0.2, 0) is 16.0 Å². The van der Waals surface area contributed by atoms with Gasteiger partial charge in [0.1, 0.15) is 5.75 Å². The average molecular weight is 467 g/mol. The van der Waals surface area contributed by atoms with Crippen LogP contribution < -0.4 is 15.4 Å². The third-order valence-electron chi connectivity index (χ3n) is 4.04. The molecule has 2 amide bonds. The molecule has 0 aliphatic rings. The van der Waals surface area contributed by atoms with E-state index in [4.69, 9.17) is 4.74 Å². The monoisotopic (exact) mass is 466 g/mol. The standard InChI is InChI=1S/C23H19BrN2O4/c1-15(27)30-21-7-3-5-17(14-21)23(29)26-20-10-8-19(9-11-20)25-22(28)13-16-4-2-6-18(24)12-16/h2-12,14H,13H2,1H3,(H,25,28)(H,26,29). The molecule has 30 heavy (non-hydrogen) atoms. The Morgan fingerprint density at radius 2 is 1.53 bits per heavy atom. The number of hydrogen-bond acceptors (Lipinski definition) is 4. The summed E-state index contributed by atoms with van der Waals surface area (Å²) in [6.45, 7) is 1.30. The molecule has 3 aromatic rings. The van der Waals surface area contributed by atoms with Crippen LogP contribution in [0.5, 0.6) is 5.75 Å². The Bertz CT molecular complexity index is 1080. The number of nitrogens with one attached hydrogen (secondary N) is 2. The van der Waals surface area contributed by atoms with E-state index in [0.29, 0.717) is 22.7 Å². The lowest BCUT2D eigenvalue weighted by Crippen LogP contribution is -2.15. The summed E-state index contributed by atoms with van der Waals surface area (Å²) < 4.78 is 5.92. The Morgan fingerprint density at radius 3 is 2.20 bits per heavy atom. The summed E-state index contributed by atoms with van der Waals surface area (Å²) in [4.78, 5) is 35.7. The van der Waals surface area contributed by atoms with Gasteiger partial charge in [-0.25, -0.2) is 0 Å². The van der Waals surface area contributed by atoms with Crippen LogP contribution in [0.2, 0.25) is 0 Å². The number of rotatable bonds is 6.